The van der Waals surface area contributed by atoms with E-state index < -0.39 is 11.1 Å². The lowest BCUT2D eigenvalue weighted by Gasteiger charge is -1.99. The third kappa shape index (κ3) is 1.45. The molecule has 2 N–H and O–H groups in total. The first kappa shape index (κ1) is 6.54. The lowest BCUT2D eigenvalue weighted by molar-refractivity contribution is 0.554. The summed E-state index contributed by atoms with van der Waals surface area (Å²) in [6.45, 7) is 0.849. The summed E-state index contributed by atoms with van der Waals surface area (Å²) >= 11 is -0.200. The van der Waals surface area contributed by atoms with E-state index in [4.69, 9.17) is 4.55 Å². The van der Waals surface area contributed by atoms with Crippen LogP contribution in [-0.2, 0) is 11.1 Å². The summed E-state index contributed by atoms with van der Waals surface area (Å²) in [7, 11) is 0. The molecule has 1 saturated heterocycles. The molecule has 1 rings (SSSR count). The fourth-order valence-electron chi connectivity index (χ4n) is 0.531. The molecule has 8 heavy (non-hydrogen) atoms. The molecule has 0 aromatic carbocycles. The van der Waals surface area contributed by atoms with Gasteiger partial charge in [0.15, 0.2) is 15.8 Å². The molecule has 1 heterocycles. The summed E-state index contributed by atoms with van der Waals surface area (Å²) < 4.78 is 18.4. The third-order valence-corrected chi connectivity index (χ3v) is 3.21. The second-order valence-electron chi connectivity index (χ2n) is 1.43. The summed E-state index contributed by atoms with van der Waals surface area (Å²) in [5, 5.41) is 2.87. The summed E-state index contributed by atoms with van der Waals surface area (Å²) in [5.41, 5.74) is 0. The largest absolute Gasteiger partial charge is 0.304 e. The van der Waals surface area contributed by atoms with Crippen molar-refractivity contribution in [3.05, 3.63) is 0 Å². The van der Waals surface area contributed by atoms with E-state index in [1.165, 1.54) is 11.8 Å². The normalized spacial score (nSPS) is 32.9. The predicted octanol–water partition coefficient (Wildman–Crippen LogP) is -0.172. The highest BCUT2D eigenvalue weighted by Gasteiger charge is 2.18. The maximum atomic E-state index is 10.2. The quantitative estimate of drug-likeness (QED) is 0.513. The molecule has 0 radical (unpaired) electrons. The van der Waals surface area contributed by atoms with Gasteiger partial charge in [0, 0.05) is 12.3 Å². The zero-order chi connectivity index (χ0) is 5.98. The van der Waals surface area contributed by atoms with Gasteiger partial charge in [0.25, 0.3) is 0 Å². The third-order valence-electron chi connectivity index (χ3n) is 0.865. The van der Waals surface area contributed by atoms with Crippen molar-refractivity contribution in [2.24, 2.45) is 0 Å². The van der Waals surface area contributed by atoms with E-state index in [-0.39, 0.29) is 4.71 Å². The van der Waals surface area contributed by atoms with Crippen LogP contribution in [0.5, 0.6) is 0 Å². The van der Waals surface area contributed by atoms with Gasteiger partial charge >= 0.3 is 0 Å². The maximum absolute atomic E-state index is 10.2. The molecule has 0 amide bonds. The standard InChI is InChI=1S/C3H7NO2S2/c5-8(6)3-4-1-2-7-3/h3-4H,1-2H2,(H,5,6). The number of hydrogen-bond acceptors (Lipinski definition) is 3. The molecule has 0 bridgehead atoms. The Kier molecular flexibility index (Phi) is 2.30. The average Bonchev–Trinajstić information content (AvgIpc) is 2.12. The molecule has 3 nitrogen and oxygen atoms in total. The molecule has 2 unspecified atom stereocenters. The minimum atomic E-state index is -1.69. The molecule has 2 atom stereocenters. The topological polar surface area (TPSA) is 49.3 Å². The molecular weight excluding hydrogens is 146 g/mol. The van der Waals surface area contributed by atoms with E-state index in [1.807, 2.05) is 0 Å². The molecule has 48 valence electrons. The molecule has 1 aliphatic rings. The highest BCUT2D eigenvalue weighted by atomic mass is 32.2. The van der Waals surface area contributed by atoms with E-state index >= 15 is 0 Å². The number of hydrogen-bond donors (Lipinski definition) is 2. The molecule has 5 heteroatoms. The molecule has 0 saturated carbocycles. The van der Waals surface area contributed by atoms with Crippen molar-refractivity contribution < 1.29 is 8.76 Å². The van der Waals surface area contributed by atoms with Crippen LogP contribution < -0.4 is 5.32 Å². The van der Waals surface area contributed by atoms with Crippen molar-refractivity contribution in [3.63, 3.8) is 0 Å². The van der Waals surface area contributed by atoms with Gasteiger partial charge in [-0.15, -0.1) is 11.8 Å². The van der Waals surface area contributed by atoms with Gasteiger partial charge in [0.05, 0.1) is 0 Å². The maximum Gasteiger partial charge on any atom is 0.181 e. The Morgan fingerprint density at radius 3 is 2.88 bits per heavy atom. The zero-order valence-electron chi connectivity index (χ0n) is 4.16. The number of rotatable bonds is 1. The Labute approximate surface area is 54.5 Å². The molecule has 0 aliphatic carbocycles. The minimum absolute atomic E-state index is 0.241. The number of nitrogens with one attached hydrogen (secondary N) is 1. The molecule has 1 aliphatic heterocycles. The zero-order valence-corrected chi connectivity index (χ0v) is 5.80. The van der Waals surface area contributed by atoms with Gasteiger partial charge in [0.2, 0.25) is 0 Å². The first-order valence-corrected chi connectivity index (χ1v) is 4.47. The highest BCUT2D eigenvalue weighted by molar-refractivity contribution is 8.10. The second-order valence-corrected chi connectivity index (χ2v) is 3.97. The minimum Gasteiger partial charge on any atom is -0.304 e. The van der Waals surface area contributed by atoms with E-state index in [0.29, 0.717) is 0 Å². The molecule has 0 aromatic heterocycles. The summed E-state index contributed by atoms with van der Waals surface area (Å²) in [4.78, 5) is 0. The van der Waals surface area contributed by atoms with Crippen molar-refractivity contribution in [2.75, 3.05) is 12.3 Å². The van der Waals surface area contributed by atoms with Gasteiger partial charge in [0.1, 0.15) is 0 Å². The average molecular weight is 153 g/mol. The molecule has 1 fully saturated rings. The summed E-state index contributed by atoms with van der Waals surface area (Å²) in [5.74, 6) is 0.941. The highest BCUT2D eigenvalue weighted by Crippen LogP contribution is 2.14. The second kappa shape index (κ2) is 2.82. The van der Waals surface area contributed by atoms with Crippen LogP contribution in [0.15, 0.2) is 0 Å². The van der Waals surface area contributed by atoms with Gasteiger partial charge in [-0.1, -0.05) is 0 Å². The van der Waals surface area contributed by atoms with E-state index in [1.54, 1.807) is 0 Å². The van der Waals surface area contributed by atoms with Crippen LogP contribution in [0.4, 0.5) is 0 Å². The van der Waals surface area contributed by atoms with Crippen molar-refractivity contribution in [3.8, 4) is 0 Å². The van der Waals surface area contributed by atoms with Crippen LogP contribution in [0.25, 0.3) is 0 Å². The smallest absolute Gasteiger partial charge is 0.181 e. The number of thioether (sulfide) groups is 1. The van der Waals surface area contributed by atoms with Crippen molar-refractivity contribution in [1.82, 2.24) is 5.32 Å². The Bertz CT molecular complexity index is 101. The van der Waals surface area contributed by atoms with Crippen LogP contribution in [0, 0.1) is 0 Å². The van der Waals surface area contributed by atoms with Crippen LogP contribution in [0.3, 0.4) is 0 Å². The predicted molar refractivity (Wildman–Crippen MR) is 35.0 cm³/mol. The molecule has 0 aromatic rings. The van der Waals surface area contributed by atoms with Gasteiger partial charge in [-0.05, 0) is 0 Å². The Hall–Kier alpha value is 0.420. The van der Waals surface area contributed by atoms with Crippen molar-refractivity contribution in [1.29, 1.82) is 0 Å². The van der Waals surface area contributed by atoms with Crippen LogP contribution in [0.1, 0.15) is 0 Å². The van der Waals surface area contributed by atoms with Crippen LogP contribution in [0.2, 0.25) is 0 Å². The lowest BCUT2D eigenvalue weighted by atomic mass is 10.8. The first-order chi connectivity index (χ1) is 3.80. The monoisotopic (exact) mass is 153 g/mol. The van der Waals surface area contributed by atoms with Crippen molar-refractivity contribution >= 4 is 22.8 Å². The Balaban J connectivity index is 2.35. The molecule has 0 spiro atoms. The Morgan fingerprint density at radius 1 is 1.88 bits per heavy atom. The van der Waals surface area contributed by atoms with Gasteiger partial charge in [-0.25, -0.2) is 4.21 Å². The summed E-state index contributed by atoms with van der Waals surface area (Å²) in [6.07, 6.45) is 0. The lowest BCUT2D eigenvalue weighted by Crippen LogP contribution is -2.23. The van der Waals surface area contributed by atoms with Gasteiger partial charge < -0.3 is 4.55 Å². The van der Waals surface area contributed by atoms with Gasteiger partial charge in [-0.3, -0.25) is 5.32 Å². The fourth-order valence-corrected chi connectivity index (χ4v) is 2.23. The fraction of sp³-hybridized carbons (Fsp3) is 1.00. The SMILES string of the molecule is O=S(O)C1NCCS1. The molecular formula is C3H7NO2S2. The first-order valence-electron chi connectivity index (χ1n) is 2.25. The summed E-state index contributed by atoms with van der Waals surface area (Å²) in [6, 6.07) is 0. The van der Waals surface area contributed by atoms with Crippen molar-refractivity contribution in [2.45, 2.75) is 4.71 Å². The van der Waals surface area contributed by atoms with E-state index in [2.05, 4.69) is 5.32 Å². The van der Waals surface area contributed by atoms with Gasteiger partial charge in [-0.2, -0.15) is 0 Å². The Morgan fingerprint density at radius 2 is 2.62 bits per heavy atom. The van der Waals surface area contributed by atoms with E-state index in [0.717, 1.165) is 12.3 Å². The van der Waals surface area contributed by atoms with Crippen LogP contribution >= 0.6 is 11.8 Å². The van der Waals surface area contributed by atoms with E-state index in [9.17, 15) is 4.21 Å². The van der Waals surface area contributed by atoms with Crippen LogP contribution in [-0.4, -0.2) is 25.8 Å².